The standard InChI is InChI=1S/C19H21N5/c1-13-6-4-8-16(10-13)11-20-19-23-18(12-21-24-19)22-17-9-5-7-14(2)15(17)3/h4-10,12H,11H2,1-3H3,(H2,20,22,23,24). The van der Waals surface area contributed by atoms with E-state index in [1.165, 1.54) is 22.3 Å². The zero-order chi connectivity index (χ0) is 16.9. The van der Waals surface area contributed by atoms with Crippen molar-refractivity contribution in [2.24, 2.45) is 0 Å². The lowest BCUT2D eigenvalue weighted by atomic mass is 10.1. The SMILES string of the molecule is Cc1cccc(CNc2nncc(Nc3cccc(C)c3C)n2)c1. The Morgan fingerprint density at radius 2 is 1.83 bits per heavy atom. The van der Waals surface area contributed by atoms with E-state index in [4.69, 9.17) is 0 Å². The molecule has 1 heterocycles. The van der Waals surface area contributed by atoms with Gasteiger partial charge in [0.1, 0.15) is 0 Å². The summed E-state index contributed by atoms with van der Waals surface area (Å²) in [5.41, 5.74) is 5.88. The van der Waals surface area contributed by atoms with Crippen molar-refractivity contribution in [3.05, 3.63) is 70.9 Å². The minimum atomic E-state index is 0.506. The molecule has 0 amide bonds. The van der Waals surface area contributed by atoms with E-state index >= 15 is 0 Å². The van der Waals surface area contributed by atoms with Crippen LogP contribution in [0, 0.1) is 20.8 Å². The molecule has 0 unspecified atom stereocenters. The van der Waals surface area contributed by atoms with Crippen LogP contribution in [-0.4, -0.2) is 15.2 Å². The lowest BCUT2D eigenvalue weighted by Gasteiger charge is -2.11. The molecule has 24 heavy (non-hydrogen) atoms. The zero-order valence-electron chi connectivity index (χ0n) is 14.2. The molecule has 0 aliphatic heterocycles. The molecule has 2 aromatic carbocycles. The van der Waals surface area contributed by atoms with Gasteiger partial charge in [-0.15, -0.1) is 5.10 Å². The normalized spacial score (nSPS) is 10.5. The van der Waals surface area contributed by atoms with Crippen LogP contribution in [0.2, 0.25) is 0 Å². The summed E-state index contributed by atoms with van der Waals surface area (Å²) in [6.45, 7) is 6.92. The van der Waals surface area contributed by atoms with Crippen LogP contribution in [0.15, 0.2) is 48.7 Å². The second-order valence-corrected chi connectivity index (χ2v) is 5.88. The second kappa shape index (κ2) is 7.08. The molecule has 3 aromatic rings. The van der Waals surface area contributed by atoms with E-state index in [9.17, 15) is 0 Å². The fourth-order valence-corrected chi connectivity index (χ4v) is 2.47. The molecule has 0 fully saturated rings. The highest BCUT2D eigenvalue weighted by Crippen LogP contribution is 2.21. The molecular formula is C19H21N5. The highest BCUT2D eigenvalue weighted by molar-refractivity contribution is 5.61. The molecule has 5 nitrogen and oxygen atoms in total. The van der Waals surface area contributed by atoms with Gasteiger partial charge in [0.25, 0.3) is 0 Å². The Balaban J connectivity index is 1.71. The van der Waals surface area contributed by atoms with Gasteiger partial charge < -0.3 is 10.6 Å². The Kier molecular flexibility index (Phi) is 4.70. The first-order valence-corrected chi connectivity index (χ1v) is 7.94. The van der Waals surface area contributed by atoms with E-state index < -0.39 is 0 Å². The van der Waals surface area contributed by atoms with E-state index in [1.54, 1.807) is 6.20 Å². The van der Waals surface area contributed by atoms with Gasteiger partial charge in [0.05, 0.1) is 6.20 Å². The van der Waals surface area contributed by atoms with Crippen LogP contribution in [0.25, 0.3) is 0 Å². The average molecular weight is 319 g/mol. The van der Waals surface area contributed by atoms with E-state index in [0.717, 1.165) is 5.69 Å². The minimum absolute atomic E-state index is 0.506. The number of rotatable bonds is 5. The summed E-state index contributed by atoms with van der Waals surface area (Å²) < 4.78 is 0. The lowest BCUT2D eigenvalue weighted by Crippen LogP contribution is -2.07. The van der Waals surface area contributed by atoms with Crippen LogP contribution < -0.4 is 10.6 Å². The molecule has 0 atom stereocenters. The zero-order valence-corrected chi connectivity index (χ0v) is 14.2. The molecule has 0 spiro atoms. The summed E-state index contributed by atoms with van der Waals surface area (Å²) in [6.07, 6.45) is 1.62. The van der Waals surface area contributed by atoms with Crippen molar-refractivity contribution in [2.75, 3.05) is 10.6 Å². The first-order chi connectivity index (χ1) is 11.6. The maximum absolute atomic E-state index is 4.48. The summed E-state index contributed by atoms with van der Waals surface area (Å²) in [5, 5.41) is 14.6. The number of aryl methyl sites for hydroxylation is 2. The van der Waals surface area contributed by atoms with Crippen LogP contribution in [-0.2, 0) is 6.54 Å². The smallest absolute Gasteiger partial charge is 0.244 e. The first-order valence-electron chi connectivity index (χ1n) is 7.94. The molecular weight excluding hydrogens is 298 g/mol. The summed E-state index contributed by atoms with van der Waals surface area (Å²) in [5.74, 6) is 1.18. The van der Waals surface area contributed by atoms with Crippen molar-refractivity contribution in [2.45, 2.75) is 27.3 Å². The molecule has 0 aliphatic rings. The number of nitrogens with one attached hydrogen (secondary N) is 2. The highest BCUT2D eigenvalue weighted by Gasteiger charge is 2.04. The van der Waals surface area contributed by atoms with Gasteiger partial charge in [-0.3, -0.25) is 0 Å². The van der Waals surface area contributed by atoms with Gasteiger partial charge in [-0.1, -0.05) is 42.0 Å². The van der Waals surface area contributed by atoms with Crippen molar-refractivity contribution in [1.82, 2.24) is 15.2 Å². The summed E-state index contributed by atoms with van der Waals surface area (Å²) >= 11 is 0. The number of hydrogen-bond donors (Lipinski definition) is 2. The highest BCUT2D eigenvalue weighted by atomic mass is 15.3. The Labute approximate surface area is 142 Å². The van der Waals surface area contributed by atoms with Gasteiger partial charge in [-0.05, 0) is 43.5 Å². The number of aromatic nitrogens is 3. The van der Waals surface area contributed by atoms with E-state index in [-0.39, 0.29) is 0 Å². The van der Waals surface area contributed by atoms with Crippen LogP contribution in [0.4, 0.5) is 17.5 Å². The van der Waals surface area contributed by atoms with Crippen LogP contribution >= 0.6 is 0 Å². The van der Waals surface area contributed by atoms with Crippen LogP contribution in [0.3, 0.4) is 0 Å². The van der Waals surface area contributed by atoms with Crippen molar-refractivity contribution in [1.29, 1.82) is 0 Å². The monoisotopic (exact) mass is 319 g/mol. The van der Waals surface area contributed by atoms with Gasteiger partial charge in [0, 0.05) is 12.2 Å². The Morgan fingerprint density at radius 3 is 2.67 bits per heavy atom. The molecule has 0 saturated carbocycles. The second-order valence-electron chi connectivity index (χ2n) is 5.88. The molecule has 0 saturated heterocycles. The largest absolute Gasteiger partial charge is 0.349 e. The van der Waals surface area contributed by atoms with Gasteiger partial charge in [0.15, 0.2) is 5.82 Å². The molecule has 0 aliphatic carbocycles. The number of hydrogen-bond acceptors (Lipinski definition) is 5. The third-order valence-corrected chi connectivity index (χ3v) is 3.96. The third kappa shape index (κ3) is 3.87. The fraction of sp³-hybridized carbons (Fsp3) is 0.211. The number of anilines is 3. The maximum atomic E-state index is 4.48. The van der Waals surface area contributed by atoms with Gasteiger partial charge in [-0.2, -0.15) is 10.1 Å². The van der Waals surface area contributed by atoms with Crippen molar-refractivity contribution in [3.63, 3.8) is 0 Å². The molecule has 0 bridgehead atoms. The predicted octanol–water partition coefficient (Wildman–Crippen LogP) is 4.15. The quantitative estimate of drug-likeness (QED) is 0.739. The van der Waals surface area contributed by atoms with Crippen LogP contribution in [0.1, 0.15) is 22.3 Å². The molecule has 0 radical (unpaired) electrons. The third-order valence-electron chi connectivity index (χ3n) is 3.96. The minimum Gasteiger partial charge on any atom is -0.349 e. The summed E-state index contributed by atoms with van der Waals surface area (Å²) in [4.78, 5) is 4.48. The van der Waals surface area contributed by atoms with Crippen molar-refractivity contribution < 1.29 is 0 Å². The Bertz CT molecular complexity index is 845. The molecule has 2 N–H and O–H groups in total. The van der Waals surface area contributed by atoms with Crippen LogP contribution in [0.5, 0.6) is 0 Å². The topological polar surface area (TPSA) is 62.7 Å². The van der Waals surface area contributed by atoms with Crippen molar-refractivity contribution in [3.8, 4) is 0 Å². The van der Waals surface area contributed by atoms with Gasteiger partial charge in [0.2, 0.25) is 5.95 Å². The van der Waals surface area contributed by atoms with Crippen molar-refractivity contribution >= 4 is 17.5 Å². The number of nitrogens with zero attached hydrogens (tertiary/aromatic N) is 3. The predicted molar refractivity (Wildman–Crippen MR) is 97.5 cm³/mol. The van der Waals surface area contributed by atoms with Gasteiger partial charge in [-0.25, -0.2) is 0 Å². The van der Waals surface area contributed by atoms with E-state index in [2.05, 4.69) is 70.9 Å². The number of benzene rings is 2. The average Bonchev–Trinajstić information content (AvgIpc) is 2.58. The summed E-state index contributed by atoms with van der Waals surface area (Å²) in [7, 11) is 0. The van der Waals surface area contributed by atoms with E-state index in [1.807, 2.05) is 18.2 Å². The molecule has 5 heteroatoms. The molecule has 3 rings (SSSR count). The Hall–Kier alpha value is -2.95. The summed E-state index contributed by atoms with van der Waals surface area (Å²) in [6, 6.07) is 14.5. The molecule has 122 valence electrons. The maximum Gasteiger partial charge on any atom is 0.244 e. The van der Waals surface area contributed by atoms with E-state index in [0.29, 0.717) is 18.3 Å². The van der Waals surface area contributed by atoms with Gasteiger partial charge >= 0.3 is 0 Å². The first kappa shape index (κ1) is 15.9. The fourth-order valence-electron chi connectivity index (χ4n) is 2.47. The Morgan fingerprint density at radius 1 is 1.00 bits per heavy atom. The lowest BCUT2D eigenvalue weighted by molar-refractivity contribution is 0.948. The molecule has 1 aromatic heterocycles.